The van der Waals surface area contributed by atoms with E-state index in [2.05, 4.69) is 20.8 Å². The summed E-state index contributed by atoms with van der Waals surface area (Å²) >= 11 is 6.00. The summed E-state index contributed by atoms with van der Waals surface area (Å²) in [5.41, 5.74) is 0.163. The number of aryl methyl sites for hydroxylation is 1. The number of ether oxygens (including phenoxy) is 3. The van der Waals surface area contributed by atoms with Crippen LogP contribution in [0.4, 0.5) is 0 Å². The maximum atomic E-state index is 13.4. The molecule has 3 saturated carbocycles. The summed E-state index contributed by atoms with van der Waals surface area (Å²) in [5, 5.41) is 11.9. The number of aliphatic hydroxyl groups excluding tert-OH is 1. The third-order valence-corrected chi connectivity index (χ3v) is 13.0. The number of carbonyl (C=O) groups is 1. The number of benzene rings is 1. The lowest BCUT2D eigenvalue weighted by Crippen LogP contribution is -2.65. The highest BCUT2D eigenvalue weighted by atomic mass is 35.5. The fraction of sp³-hybridized carbons (Fsp3) is 0.781. The van der Waals surface area contributed by atoms with Crippen molar-refractivity contribution in [2.24, 2.45) is 34.5 Å². The highest BCUT2D eigenvalue weighted by Gasteiger charge is 2.73. The normalized spacial score (nSPS) is 37.7. The lowest BCUT2D eigenvalue weighted by Gasteiger charge is -2.63. The summed E-state index contributed by atoms with van der Waals surface area (Å²) < 4.78 is 50.0. The molecule has 10 heteroatoms. The standard InChI is InChI=1S/C32H47ClO8S/c1-21-8-10-25(11-9-21)42(36,37)40-20-27(34)41-26-19-24(7-5-6-16-33)28(35)23(3)31-13-12-22(2)30(26,4)29(31)32(15-14-31)38-17-18-39-32/h8-11,22-24,26,28-29,35H,5-7,12-20H2,1-4H3/t22-,23+,24+,26+,28+,29+,30+,31+/m1/s1. The van der Waals surface area contributed by atoms with Crippen LogP contribution in [0.5, 0.6) is 0 Å². The van der Waals surface area contributed by atoms with Gasteiger partial charge in [0, 0.05) is 23.6 Å². The summed E-state index contributed by atoms with van der Waals surface area (Å²) in [5.74, 6) is -0.945. The molecule has 1 aromatic rings. The number of carbonyl (C=O) groups excluding carboxylic acids is 1. The van der Waals surface area contributed by atoms with Crippen molar-refractivity contribution in [1.29, 1.82) is 0 Å². The molecule has 4 aliphatic rings. The maximum Gasteiger partial charge on any atom is 0.333 e. The molecule has 8 nitrogen and oxygen atoms in total. The predicted octanol–water partition coefficient (Wildman–Crippen LogP) is 5.61. The molecule has 0 unspecified atom stereocenters. The number of hydrogen-bond acceptors (Lipinski definition) is 8. The maximum absolute atomic E-state index is 13.4. The van der Waals surface area contributed by atoms with E-state index in [1.54, 1.807) is 12.1 Å². The summed E-state index contributed by atoms with van der Waals surface area (Å²) in [4.78, 5) is 13.4. The Bertz CT molecular complexity index is 1220. The van der Waals surface area contributed by atoms with E-state index in [9.17, 15) is 18.3 Å². The molecule has 1 N–H and O–H groups in total. The summed E-state index contributed by atoms with van der Waals surface area (Å²) in [7, 11) is -4.14. The predicted molar refractivity (Wildman–Crippen MR) is 158 cm³/mol. The number of alkyl halides is 1. The number of hydrogen-bond donors (Lipinski definition) is 1. The molecule has 0 aromatic heterocycles. The van der Waals surface area contributed by atoms with E-state index in [-0.39, 0.29) is 34.0 Å². The van der Waals surface area contributed by atoms with Crippen LogP contribution in [0, 0.1) is 41.4 Å². The van der Waals surface area contributed by atoms with Crippen LogP contribution >= 0.6 is 11.6 Å². The van der Waals surface area contributed by atoms with Gasteiger partial charge >= 0.3 is 5.97 Å². The Balaban J connectivity index is 1.47. The molecule has 236 valence electrons. The molecule has 0 amide bonds. The smallest absolute Gasteiger partial charge is 0.333 e. The zero-order valence-electron chi connectivity index (χ0n) is 25.3. The molecular weight excluding hydrogens is 580 g/mol. The van der Waals surface area contributed by atoms with Gasteiger partial charge in [-0.25, -0.2) is 4.79 Å². The Labute approximate surface area is 255 Å². The second kappa shape index (κ2) is 12.3. The second-order valence-electron chi connectivity index (χ2n) is 13.4. The Kier molecular flexibility index (Phi) is 9.41. The first kappa shape index (κ1) is 32.2. The number of aliphatic hydroxyl groups is 1. The number of esters is 1. The van der Waals surface area contributed by atoms with Crippen molar-refractivity contribution in [3.8, 4) is 0 Å². The van der Waals surface area contributed by atoms with Crippen molar-refractivity contribution in [1.82, 2.24) is 0 Å². The summed E-state index contributed by atoms with van der Waals surface area (Å²) in [6.45, 7) is 8.79. The Morgan fingerprint density at radius 3 is 2.45 bits per heavy atom. The average Bonchev–Trinajstić information content (AvgIpc) is 3.58. The molecule has 0 radical (unpaired) electrons. The van der Waals surface area contributed by atoms with Crippen molar-refractivity contribution in [3.63, 3.8) is 0 Å². The second-order valence-corrected chi connectivity index (χ2v) is 15.4. The summed E-state index contributed by atoms with van der Waals surface area (Å²) in [6.07, 6.45) is 5.30. The van der Waals surface area contributed by atoms with E-state index in [1.807, 2.05) is 6.92 Å². The molecule has 5 rings (SSSR count). The minimum absolute atomic E-state index is 0.00982. The molecule has 8 atom stereocenters. The zero-order chi connectivity index (χ0) is 30.3. The molecule has 1 spiro atoms. The van der Waals surface area contributed by atoms with Crippen LogP contribution in [-0.2, 0) is 33.3 Å². The van der Waals surface area contributed by atoms with Gasteiger partial charge in [0.05, 0.1) is 24.2 Å². The van der Waals surface area contributed by atoms with Crippen molar-refractivity contribution < 1.29 is 36.7 Å². The number of unbranched alkanes of at least 4 members (excludes halogenated alkanes) is 1. The molecule has 1 aromatic carbocycles. The Morgan fingerprint density at radius 1 is 1.10 bits per heavy atom. The first-order valence-electron chi connectivity index (χ1n) is 15.6. The lowest BCUT2D eigenvalue weighted by atomic mass is 9.44. The van der Waals surface area contributed by atoms with Gasteiger partial charge in [-0.2, -0.15) is 8.42 Å². The van der Waals surface area contributed by atoms with Crippen LogP contribution in [0.1, 0.15) is 77.7 Å². The molecule has 1 heterocycles. The van der Waals surface area contributed by atoms with Crippen LogP contribution in [0.2, 0.25) is 0 Å². The first-order chi connectivity index (χ1) is 19.9. The third-order valence-electron chi connectivity index (χ3n) is 11.4. The monoisotopic (exact) mass is 626 g/mol. The third kappa shape index (κ3) is 5.56. The van der Waals surface area contributed by atoms with Crippen LogP contribution < -0.4 is 0 Å². The van der Waals surface area contributed by atoms with Gasteiger partial charge in [0.25, 0.3) is 10.1 Å². The van der Waals surface area contributed by atoms with Crippen molar-refractivity contribution in [2.75, 3.05) is 25.7 Å². The zero-order valence-corrected chi connectivity index (χ0v) is 26.9. The van der Waals surface area contributed by atoms with E-state index in [4.69, 9.17) is 30.0 Å². The fourth-order valence-electron chi connectivity index (χ4n) is 9.05. The van der Waals surface area contributed by atoms with Gasteiger partial charge in [0.2, 0.25) is 0 Å². The highest BCUT2D eigenvalue weighted by molar-refractivity contribution is 7.86. The minimum Gasteiger partial charge on any atom is -0.460 e. The molecule has 42 heavy (non-hydrogen) atoms. The number of halogens is 1. The number of rotatable bonds is 9. The molecular formula is C32H47ClO8S. The Hall–Kier alpha value is -1.23. The van der Waals surface area contributed by atoms with Gasteiger partial charge < -0.3 is 19.3 Å². The topological polar surface area (TPSA) is 108 Å². The lowest BCUT2D eigenvalue weighted by molar-refractivity contribution is -0.281. The largest absolute Gasteiger partial charge is 0.460 e. The average molecular weight is 627 g/mol. The SMILES string of the molecule is Cc1ccc(S(=O)(=O)OCC(=O)O[C@H]2C[C@H](CCCCCl)[C@@H](O)[C@H](C)[C@@]34CC[C@@H](C)[C@]2(C)[C@@H]3C2(CC4)OCCO2)cc1. The highest BCUT2D eigenvalue weighted by Crippen LogP contribution is 2.72. The van der Waals surface area contributed by atoms with Crippen molar-refractivity contribution in [3.05, 3.63) is 29.8 Å². The quantitative estimate of drug-likeness (QED) is 0.163. The molecule has 2 bridgehead atoms. The van der Waals surface area contributed by atoms with E-state index < -0.39 is 46.1 Å². The van der Waals surface area contributed by atoms with Crippen LogP contribution in [0.3, 0.4) is 0 Å². The summed E-state index contributed by atoms with van der Waals surface area (Å²) in [6, 6.07) is 6.29. The molecule has 1 saturated heterocycles. The van der Waals surface area contributed by atoms with Crippen LogP contribution in [0.15, 0.2) is 29.2 Å². The van der Waals surface area contributed by atoms with Gasteiger partial charge in [0.1, 0.15) is 6.10 Å². The van der Waals surface area contributed by atoms with Crippen molar-refractivity contribution in [2.45, 2.75) is 102 Å². The van der Waals surface area contributed by atoms with Gasteiger partial charge in [-0.1, -0.05) is 44.9 Å². The van der Waals surface area contributed by atoms with Gasteiger partial charge in [-0.15, -0.1) is 11.6 Å². The molecule has 4 fully saturated rings. The van der Waals surface area contributed by atoms with Crippen LogP contribution in [-0.4, -0.2) is 63.2 Å². The van der Waals surface area contributed by atoms with Crippen LogP contribution in [0.25, 0.3) is 0 Å². The van der Waals surface area contributed by atoms with E-state index >= 15 is 0 Å². The van der Waals surface area contributed by atoms with Gasteiger partial charge in [-0.3, -0.25) is 4.18 Å². The first-order valence-corrected chi connectivity index (χ1v) is 17.5. The van der Waals surface area contributed by atoms with Gasteiger partial charge in [-0.05, 0) is 80.8 Å². The van der Waals surface area contributed by atoms with Gasteiger partial charge in [0.15, 0.2) is 12.4 Å². The molecule has 3 aliphatic carbocycles. The van der Waals surface area contributed by atoms with Crippen molar-refractivity contribution >= 4 is 27.7 Å². The fourth-order valence-corrected chi connectivity index (χ4v) is 10.1. The minimum atomic E-state index is -4.14. The van der Waals surface area contributed by atoms with E-state index in [1.165, 1.54) is 12.1 Å². The molecule has 1 aliphatic heterocycles. The van der Waals surface area contributed by atoms with E-state index in [0.717, 1.165) is 50.5 Å². The Morgan fingerprint density at radius 2 is 1.79 bits per heavy atom. The van der Waals surface area contributed by atoms with E-state index in [0.29, 0.717) is 25.5 Å².